The predicted octanol–water partition coefficient (Wildman–Crippen LogP) is 3.76. The van der Waals surface area contributed by atoms with Gasteiger partial charge in [0.2, 0.25) is 5.91 Å². The maximum Gasteiger partial charge on any atom is 0.251 e. The van der Waals surface area contributed by atoms with E-state index < -0.39 is 0 Å². The molecule has 7 heteroatoms. The third kappa shape index (κ3) is 5.15. The summed E-state index contributed by atoms with van der Waals surface area (Å²) >= 11 is 11.7. The Kier molecular flexibility index (Phi) is 6.46. The van der Waals surface area contributed by atoms with Gasteiger partial charge in [-0.05, 0) is 49.4 Å². The van der Waals surface area contributed by atoms with E-state index in [1.54, 1.807) is 36.4 Å². The van der Waals surface area contributed by atoms with Crippen LogP contribution in [0.5, 0.6) is 5.75 Å². The predicted molar refractivity (Wildman–Crippen MR) is 95.0 cm³/mol. The first-order chi connectivity index (χ1) is 11.5. The maximum absolute atomic E-state index is 12.0. The highest BCUT2D eigenvalue weighted by Gasteiger charge is 2.09. The van der Waals surface area contributed by atoms with Gasteiger partial charge in [-0.15, -0.1) is 0 Å². The van der Waals surface area contributed by atoms with Crippen molar-refractivity contribution in [3.05, 3.63) is 58.1 Å². The number of carbonyl (C=O) groups is 2. The second-order valence-corrected chi connectivity index (χ2v) is 5.63. The molecule has 0 radical (unpaired) electrons. The Morgan fingerprint density at radius 1 is 1.04 bits per heavy atom. The SMILES string of the molecule is CCOc1ccc(C(=O)NCC(=O)Nc2ccc(Cl)c(Cl)c2)cc1. The average molecular weight is 367 g/mol. The summed E-state index contributed by atoms with van der Waals surface area (Å²) in [5.74, 6) is -0.0265. The lowest BCUT2D eigenvalue weighted by Crippen LogP contribution is -2.32. The van der Waals surface area contributed by atoms with Gasteiger partial charge >= 0.3 is 0 Å². The van der Waals surface area contributed by atoms with Crippen LogP contribution in [0, 0.1) is 0 Å². The van der Waals surface area contributed by atoms with Crippen molar-refractivity contribution in [2.24, 2.45) is 0 Å². The summed E-state index contributed by atoms with van der Waals surface area (Å²) < 4.78 is 5.31. The Morgan fingerprint density at radius 2 is 1.75 bits per heavy atom. The molecule has 0 atom stereocenters. The summed E-state index contributed by atoms with van der Waals surface area (Å²) in [6, 6.07) is 11.4. The molecule has 0 saturated heterocycles. The van der Waals surface area contributed by atoms with Crippen molar-refractivity contribution in [1.29, 1.82) is 0 Å². The van der Waals surface area contributed by atoms with Crippen molar-refractivity contribution in [3.8, 4) is 5.75 Å². The van der Waals surface area contributed by atoms with E-state index in [-0.39, 0.29) is 18.4 Å². The van der Waals surface area contributed by atoms with E-state index in [0.29, 0.717) is 33.7 Å². The number of ether oxygens (including phenoxy) is 1. The molecule has 2 amide bonds. The van der Waals surface area contributed by atoms with Gasteiger partial charge in [0, 0.05) is 11.3 Å². The molecule has 0 saturated carbocycles. The summed E-state index contributed by atoms with van der Waals surface area (Å²) in [4.78, 5) is 23.9. The normalized spacial score (nSPS) is 10.1. The minimum atomic E-state index is -0.368. The van der Waals surface area contributed by atoms with Gasteiger partial charge in [0.25, 0.3) is 5.91 Å². The fourth-order valence-electron chi connectivity index (χ4n) is 1.91. The molecule has 5 nitrogen and oxygen atoms in total. The Morgan fingerprint density at radius 3 is 2.38 bits per heavy atom. The van der Waals surface area contributed by atoms with E-state index in [4.69, 9.17) is 27.9 Å². The van der Waals surface area contributed by atoms with Gasteiger partial charge < -0.3 is 15.4 Å². The molecule has 2 N–H and O–H groups in total. The quantitative estimate of drug-likeness (QED) is 0.817. The van der Waals surface area contributed by atoms with Crippen molar-refractivity contribution >= 4 is 40.7 Å². The van der Waals surface area contributed by atoms with E-state index in [0.717, 1.165) is 0 Å². The molecule has 0 spiro atoms. The molecule has 126 valence electrons. The average Bonchev–Trinajstić information content (AvgIpc) is 2.57. The number of rotatable bonds is 6. The molecule has 0 heterocycles. The molecule has 0 unspecified atom stereocenters. The fourth-order valence-corrected chi connectivity index (χ4v) is 2.21. The largest absolute Gasteiger partial charge is 0.494 e. The van der Waals surface area contributed by atoms with Crippen LogP contribution in [0.15, 0.2) is 42.5 Å². The van der Waals surface area contributed by atoms with Crippen molar-refractivity contribution in [2.75, 3.05) is 18.5 Å². The topological polar surface area (TPSA) is 67.4 Å². The van der Waals surface area contributed by atoms with E-state index in [2.05, 4.69) is 10.6 Å². The van der Waals surface area contributed by atoms with Crippen LogP contribution in [-0.4, -0.2) is 25.0 Å². The lowest BCUT2D eigenvalue weighted by Gasteiger charge is -2.08. The number of anilines is 1. The van der Waals surface area contributed by atoms with Crippen LogP contribution in [-0.2, 0) is 4.79 Å². The van der Waals surface area contributed by atoms with Gasteiger partial charge in [-0.25, -0.2) is 0 Å². The first-order valence-electron chi connectivity index (χ1n) is 7.25. The van der Waals surface area contributed by atoms with Crippen LogP contribution >= 0.6 is 23.2 Å². The number of carbonyl (C=O) groups excluding carboxylic acids is 2. The van der Waals surface area contributed by atoms with Crippen molar-refractivity contribution in [1.82, 2.24) is 5.32 Å². The molecular weight excluding hydrogens is 351 g/mol. The number of hydrogen-bond acceptors (Lipinski definition) is 3. The standard InChI is InChI=1S/C17H16Cl2N2O3/c1-2-24-13-6-3-11(4-7-13)17(23)20-10-16(22)21-12-5-8-14(18)15(19)9-12/h3-9H,2,10H2,1H3,(H,20,23)(H,21,22). The molecule has 24 heavy (non-hydrogen) atoms. The second-order valence-electron chi connectivity index (χ2n) is 4.82. The summed E-state index contributed by atoms with van der Waals surface area (Å²) in [5.41, 5.74) is 0.950. The number of nitrogens with one attached hydrogen (secondary N) is 2. The Bertz CT molecular complexity index is 733. The summed E-state index contributed by atoms with van der Waals surface area (Å²) in [5, 5.41) is 5.91. The van der Waals surface area contributed by atoms with E-state index in [9.17, 15) is 9.59 Å². The first-order valence-corrected chi connectivity index (χ1v) is 8.01. The van der Waals surface area contributed by atoms with Gasteiger partial charge in [0.05, 0.1) is 23.2 Å². The van der Waals surface area contributed by atoms with Gasteiger partial charge in [-0.2, -0.15) is 0 Å². The zero-order valence-corrected chi connectivity index (χ0v) is 14.4. The first kappa shape index (κ1) is 18.1. The Balaban J connectivity index is 1.86. The summed E-state index contributed by atoms with van der Waals surface area (Å²) in [7, 11) is 0. The van der Waals surface area contributed by atoms with Crippen LogP contribution < -0.4 is 15.4 Å². The van der Waals surface area contributed by atoms with Crippen LogP contribution in [0.1, 0.15) is 17.3 Å². The van der Waals surface area contributed by atoms with Gasteiger partial charge in [0.15, 0.2) is 0 Å². The highest BCUT2D eigenvalue weighted by molar-refractivity contribution is 6.42. The highest BCUT2D eigenvalue weighted by atomic mass is 35.5. The number of hydrogen-bond donors (Lipinski definition) is 2. The molecule has 0 aliphatic rings. The van der Waals surface area contributed by atoms with Crippen LogP contribution in [0.2, 0.25) is 10.0 Å². The molecular formula is C17H16Cl2N2O3. The van der Waals surface area contributed by atoms with Gasteiger partial charge in [-0.3, -0.25) is 9.59 Å². The zero-order valence-electron chi connectivity index (χ0n) is 12.9. The van der Waals surface area contributed by atoms with E-state index >= 15 is 0 Å². The molecule has 0 aliphatic carbocycles. The molecule has 2 aromatic rings. The van der Waals surface area contributed by atoms with Gasteiger partial charge in [-0.1, -0.05) is 23.2 Å². The fraction of sp³-hybridized carbons (Fsp3) is 0.176. The zero-order chi connectivity index (χ0) is 17.5. The summed E-state index contributed by atoms with van der Waals surface area (Å²) in [6.07, 6.45) is 0. The number of amides is 2. The minimum Gasteiger partial charge on any atom is -0.494 e. The molecule has 0 bridgehead atoms. The lowest BCUT2D eigenvalue weighted by molar-refractivity contribution is -0.115. The Hall–Kier alpha value is -2.24. The monoisotopic (exact) mass is 366 g/mol. The minimum absolute atomic E-state index is 0.160. The molecule has 0 fully saturated rings. The van der Waals surface area contributed by atoms with Crippen LogP contribution in [0.3, 0.4) is 0 Å². The maximum atomic E-state index is 12.0. The van der Waals surface area contributed by atoms with Crippen LogP contribution in [0.25, 0.3) is 0 Å². The second kappa shape index (κ2) is 8.57. The molecule has 2 aromatic carbocycles. The molecule has 0 aromatic heterocycles. The smallest absolute Gasteiger partial charge is 0.251 e. The third-order valence-electron chi connectivity index (χ3n) is 3.04. The van der Waals surface area contributed by atoms with E-state index in [1.165, 1.54) is 6.07 Å². The Labute approximate surface area is 149 Å². The number of halogens is 2. The molecule has 2 rings (SSSR count). The van der Waals surface area contributed by atoms with Crippen molar-refractivity contribution < 1.29 is 14.3 Å². The van der Waals surface area contributed by atoms with Crippen molar-refractivity contribution in [2.45, 2.75) is 6.92 Å². The highest BCUT2D eigenvalue weighted by Crippen LogP contribution is 2.24. The summed E-state index contributed by atoms with van der Waals surface area (Å²) in [6.45, 7) is 2.28. The third-order valence-corrected chi connectivity index (χ3v) is 3.78. The van der Waals surface area contributed by atoms with Crippen LogP contribution in [0.4, 0.5) is 5.69 Å². The van der Waals surface area contributed by atoms with Gasteiger partial charge in [0.1, 0.15) is 5.75 Å². The number of benzene rings is 2. The van der Waals surface area contributed by atoms with Crippen molar-refractivity contribution in [3.63, 3.8) is 0 Å². The lowest BCUT2D eigenvalue weighted by atomic mass is 10.2. The molecule has 0 aliphatic heterocycles. The van der Waals surface area contributed by atoms with E-state index in [1.807, 2.05) is 6.92 Å².